The van der Waals surface area contributed by atoms with Gasteiger partial charge in [0.25, 0.3) is 0 Å². The third kappa shape index (κ3) is 5.12. The van der Waals surface area contributed by atoms with Crippen molar-refractivity contribution in [1.82, 2.24) is 15.0 Å². The smallest absolute Gasteiger partial charge is 0.417 e. The van der Waals surface area contributed by atoms with Gasteiger partial charge in [-0.25, -0.2) is 14.6 Å². The number of fused-ring (bicyclic) bond motifs is 1. The topological polar surface area (TPSA) is 112 Å². The van der Waals surface area contributed by atoms with Gasteiger partial charge in [0.2, 0.25) is 0 Å². The Morgan fingerprint density at radius 1 is 1.12 bits per heavy atom. The third-order valence-electron chi connectivity index (χ3n) is 4.66. The van der Waals surface area contributed by atoms with E-state index in [1.807, 2.05) is 0 Å². The summed E-state index contributed by atoms with van der Waals surface area (Å²) in [6, 6.07) is 7.21. The lowest BCUT2D eigenvalue weighted by Crippen LogP contribution is -2.20. The van der Waals surface area contributed by atoms with Gasteiger partial charge < -0.3 is 20.4 Å². The number of urea groups is 1. The second-order valence-electron chi connectivity index (χ2n) is 7.08. The third-order valence-corrected chi connectivity index (χ3v) is 5.83. The average Bonchev–Trinajstić information content (AvgIpc) is 3.13. The predicted molar refractivity (Wildman–Crippen MR) is 130 cm³/mol. The summed E-state index contributed by atoms with van der Waals surface area (Å²) in [5.41, 5.74) is 0.179. The molecule has 0 fully saturated rings. The standard InChI is InChI=1S/C21H14ClF3IN5O3/c1-9-6-13(26)16(34-15-4-5-27-18-17(15)30-20(33)31-18)8-14(9)29-19(32)28-10-2-3-12(22)11(7-10)21(23,24)25/h2-8H,1H3,(H2,28,29,32)(H2,27,30,31,33). The Morgan fingerprint density at radius 3 is 2.62 bits per heavy atom. The monoisotopic (exact) mass is 603 g/mol. The summed E-state index contributed by atoms with van der Waals surface area (Å²) < 4.78 is 45.9. The molecular formula is C21H14ClF3IN5O3. The first-order chi connectivity index (χ1) is 16.0. The van der Waals surface area contributed by atoms with Crippen LogP contribution in [0.5, 0.6) is 11.5 Å². The van der Waals surface area contributed by atoms with Crippen LogP contribution < -0.4 is 21.1 Å². The van der Waals surface area contributed by atoms with Crippen LogP contribution in [0.2, 0.25) is 5.02 Å². The molecule has 34 heavy (non-hydrogen) atoms. The zero-order chi connectivity index (χ0) is 24.6. The molecular weight excluding hydrogens is 590 g/mol. The molecule has 0 saturated carbocycles. The Morgan fingerprint density at radius 2 is 1.88 bits per heavy atom. The summed E-state index contributed by atoms with van der Waals surface area (Å²) in [5.74, 6) is 0.711. The zero-order valence-electron chi connectivity index (χ0n) is 17.1. The molecule has 0 aliphatic rings. The number of benzene rings is 2. The summed E-state index contributed by atoms with van der Waals surface area (Å²) in [6.45, 7) is 1.75. The molecule has 4 rings (SSSR count). The summed E-state index contributed by atoms with van der Waals surface area (Å²) >= 11 is 7.67. The van der Waals surface area contributed by atoms with Crippen molar-refractivity contribution in [2.75, 3.05) is 10.6 Å². The van der Waals surface area contributed by atoms with Gasteiger partial charge in [0.15, 0.2) is 11.4 Å². The normalized spacial score (nSPS) is 11.5. The van der Waals surface area contributed by atoms with Crippen LogP contribution in [0.15, 0.2) is 47.4 Å². The van der Waals surface area contributed by atoms with Crippen LogP contribution in [-0.2, 0) is 6.18 Å². The van der Waals surface area contributed by atoms with Gasteiger partial charge in [-0.1, -0.05) is 11.6 Å². The van der Waals surface area contributed by atoms with Crippen LogP contribution in [0.4, 0.5) is 29.3 Å². The fourth-order valence-electron chi connectivity index (χ4n) is 3.09. The quantitative estimate of drug-likeness (QED) is 0.206. The van der Waals surface area contributed by atoms with Crippen LogP contribution in [0.3, 0.4) is 0 Å². The van der Waals surface area contributed by atoms with Crippen molar-refractivity contribution < 1.29 is 22.7 Å². The second-order valence-corrected chi connectivity index (χ2v) is 8.65. The van der Waals surface area contributed by atoms with E-state index in [9.17, 15) is 22.8 Å². The molecule has 0 aliphatic carbocycles. The largest absolute Gasteiger partial charge is 0.454 e. The number of carbonyl (C=O) groups is 1. The predicted octanol–water partition coefficient (Wildman–Crippen LogP) is 6.27. The minimum Gasteiger partial charge on any atom is -0.454 e. The van der Waals surface area contributed by atoms with E-state index in [0.717, 1.165) is 15.7 Å². The van der Waals surface area contributed by atoms with Gasteiger partial charge in [0.05, 0.1) is 14.2 Å². The molecule has 13 heteroatoms. The maximum absolute atomic E-state index is 13.1. The highest BCUT2D eigenvalue weighted by atomic mass is 127. The van der Waals surface area contributed by atoms with Crippen molar-refractivity contribution in [3.05, 3.63) is 72.8 Å². The molecule has 4 N–H and O–H groups in total. The summed E-state index contributed by atoms with van der Waals surface area (Å²) in [4.78, 5) is 33.3. The molecule has 0 bridgehead atoms. The molecule has 4 aromatic rings. The molecule has 0 atom stereocenters. The SMILES string of the molecule is Cc1cc(I)c(Oc2ccnc3[nH]c(=O)[nH]c23)cc1NC(=O)Nc1ccc(Cl)c(C(F)(F)F)c1. The van der Waals surface area contributed by atoms with E-state index in [2.05, 4.69) is 48.2 Å². The fraction of sp³-hybridized carbons (Fsp3) is 0.0952. The van der Waals surface area contributed by atoms with E-state index in [4.69, 9.17) is 16.3 Å². The number of rotatable bonds is 4. The van der Waals surface area contributed by atoms with Gasteiger partial charge in [-0.05, 0) is 59.3 Å². The number of alkyl halides is 3. The van der Waals surface area contributed by atoms with Crippen molar-refractivity contribution in [2.24, 2.45) is 0 Å². The molecule has 0 unspecified atom stereocenters. The molecule has 0 aliphatic heterocycles. The number of aromatic amines is 2. The average molecular weight is 604 g/mol. The first-order valence-electron chi connectivity index (χ1n) is 9.51. The molecule has 2 heterocycles. The number of halogens is 5. The Balaban J connectivity index is 1.57. The number of amides is 2. The highest BCUT2D eigenvalue weighted by Gasteiger charge is 2.33. The fourth-order valence-corrected chi connectivity index (χ4v) is 4.04. The minimum atomic E-state index is -4.66. The van der Waals surface area contributed by atoms with Crippen LogP contribution in [0.25, 0.3) is 11.2 Å². The van der Waals surface area contributed by atoms with Crippen molar-refractivity contribution in [2.45, 2.75) is 13.1 Å². The first-order valence-corrected chi connectivity index (χ1v) is 11.0. The molecule has 176 valence electrons. The lowest BCUT2D eigenvalue weighted by atomic mass is 10.2. The molecule has 0 spiro atoms. The van der Waals surface area contributed by atoms with Crippen molar-refractivity contribution in [3.63, 3.8) is 0 Å². The molecule has 0 radical (unpaired) electrons. The highest BCUT2D eigenvalue weighted by Crippen LogP contribution is 2.37. The van der Waals surface area contributed by atoms with Crippen LogP contribution in [0, 0.1) is 10.5 Å². The Bertz CT molecular complexity index is 1470. The Kier molecular flexibility index (Phi) is 6.45. The summed E-state index contributed by atoms with van der Waals surface area (Å²) in [6.07, 6.45) is -3.19. The maximum atomic E-state index is 13.1. The number of aryl methyl sites for hydroxylation is 1. The molecule has 8 nitrogen and oxygen atoms in total. The molecule has 2 aromatic heterocycles. The molecule has 2 aromatic carbocycles. The molecule has 2 amide bonds. The zero-order valence-corrected chi connectivity index (χ0v) is 20.0. The Hall–Kier alpha value is -3.26. The van der Waals surface area contributed by atoms with Gasteiger partial charge in [0.1, 0.15) is 11.3 Å². The number of H-pyrrole nitrogens is 2. The van der Waals surface area contributed by atoms with Gasteiger partial charge in [-0.15, -0.1) is 0 Å². The van der Waals surface area contributed by atoms with E-state index >= 15 is 0 Å². The minimum absolute atomic E-state index is 0.0792. The summed E-state index contributed by atoms with van der Waals surface area (Å²) in [5, 5.41) is 4.50. The van der Waals surface area contributed by atoms with Crippen LogP contribution in [-0.4, -0.2) is 21.0 Å². The van der Waals surface area contributed by atoms with Gasteiger partial charge in [0, 0.05) is 29.7 Å². The van der Waals surface area contributed by atoms with E-state index < -0.39 is 28.5 Å². The maximum Gasteiger partial charge on any atom is 0.417 e. The number of carbonyl (C=O) groups excluding carboxylic acids is 1. The number of nitrogens with one attached hydrogen (secondary N) is 4. The lowest BCUT2D eigenvalue weighted by Gasteiger charge is -2.15. The van der Waals surface area contributed by atoms with Gasteiger partial charge >= 0.3 is 17.9 Å². The van der Waals surface area contributed by atoms with Crippen LogP contribution in [0.1, 0.15) is 11.1 Å². The van der Waals surface area contributed by atoms with Crippen molar-refractivity contribution in [1.29, 1.82) is 0 Å². The summed E-state index contributed by atoms with van der Waals surface area (Å²) in [7, 11) is 0. The van der Waals surface area contributed by atoms with E-state index in [1.54, 1.807) is 25.1 Å². The van der Waals surface area contributed by atoms with Gasteiger partial charge in [-0.2, -0.15) is 13.2 Å². The number of hydrogen-bond donors (Lipinski definition) is 4. The van der Waals surface area contributed by atoms with Crippen LogP contribution >= 0.6 is 34.2 Å². The number of hydrogen-bond acceptors (Lipinski definition) is 4. The number of nitrogens with zero attached hydrogens (tertiary/aromatic N) is 1. The number of anilines is 2. The van der Waals surface area contributed by atoms with Gasteiger partial charge in [-0.3, -0.25) is 4.98 Å². The number of ether oxygens (including phenoxy) is 1. The number of pyridine rings is 1. The van der Waals surface area contributed by atoms with E-state index in [-0.39, 0.29) is 5.69 Å². The first kappa shape index (κ1) is 23.9. The number of imidazole rings is 1. The second kappa shape index (κ2) is 9.18. The number of aromatic nitrogens is 3. The van der Waals surface area contributed by atoms with Crippen molar-refractivity contribution >= 4 is 62.8 Å². The van der Waals surface area contributed by atoms with E-state index in [0.29, 0.717) is 33.9 Å². The Labute approximate surface area is 208 Å². The van der Waals surface area contributed by atoms with E-state index in [1.165, 1.54) is 12.3 Å². The molecule has 0 saturated heterocycles. The lowest BCUT2D eigenvalue weighted by molar-refractivity contribution is -0.137. The highest BCUT2D eigenvalue weighted by molar-refractivity contribution is 14.1. The van der Waals surface area contributed by atoms with Crippen molar-refractivity contribution in [3.8, 4) is 11.5 Å².